The molecule has 0 spiro atoms. The summed E-state index contributed by atoms with van der Waals surface area (Å²) in [7, 11) is 0. The van der Waals surface area contributed by atoms with Crippen LogP contribution in [0.4, 0.5) is 14.5 Å². The maximum atomic E-state index is 14.4. The molecule has 7 nitrogen and oxygen atoms in total. The number of carboxylic acids is 1. The quantitative estimate of drug-likeness (QED) is 0.387. The summed E-state index contributed by atoms with van der Waals surface area (Å²) in [6, 6.07) is 13.7. The highest BCUT2D eigenvalue weighted by molar-refractivity contribution is 5.80. The van der Waals surface area contributed by atoms with Crippen LogP contribution in [0.15, 0.2) is 48.5 Å². The molecule has 0 fully saturated rings. The van der Waals surface area contributed by atoms with Gasteiger partial charge in [-0.2, -0.15) is 0 Å². The third kappa shape index (κ3) is 4.21. The number of hydrogen-bond donors (Lipinski definition) is 2. The fraction of sp³-hybridized carbons (Fsp3) is 0.259. The van der Waals surface area contributed by atoms with Crippen molar-refractivity contribution in [1.29, 1.82) is 0 Å². The van der Waals surface area contributed by atoms with Gasteiger partial charge in [0, 0.05) is 36.1 Å². The van der Waals surface area contributed by atoms with Crippen molar-refractivity contribution in [3.05, 3.63) is 77.1 Å². The van der Waals surface area contributed by atoms with Crippen LogP contribution in [-0.2, 0) is 17.6 Å². The first-order valence-corrected chi connectivity index (χ1v) is 11.7. The third-order valence-corrected chi connectivity index (χ3v) is 6.37. The van der Waals surface area contributed by atoms with Crippen LogP contribution in [0.5, 0.6) is 11.5 Å². The minimum atomic E-state index is -0.875. The molecular weight excluding hydrogens is 468 g/mol. The van der Waals surface area contributed by atoms with Crippen LogP contribution in [0.1, 0.15) is 36.2 Å². The minimum absolute atomic E-state index is 0.0388. The van der Waals surface area contributed by atoms with E-state index in [1.165, 1.54) is 6.07 Å². The summed E-state index contributed by atoms with van der Waals surface area (Å²) in [5, 5.41) is 8.67. The lowest BCUT2D eigenvalue weighted by atomic mass is 9.98. The van der Waals surface area contributed by atoms with Crippen molar-refractivity contribution in [1.82, 2.24) is 9.55 Å². The fourth-order valence-corrected chi connectivity index (χ4v) is 4.69. The van der Waals surface area contributed by atoms with E-state index >= 15 is 0 Å². The summed E-state index contributed by atoms with van der Waals surface area (Å²) >= 11 is 0. The molecule has 0 amide bonds. The van der Waals surface area contributed by atoms with Gasteiger partial charge in [-0.05, 0) is 29.8 Å². The van der Waals surface area contributed by atoms with E-state index in [1.54, 1.807) is 16.7 Å². The number of ether oxygens (including phenoxy) is 2. The predicted molar refractivity (Wildman–Crippen MR) is 131 cm³/mol. The largest absolute Gasteiger partial charge is 0.493 e. The highest BCUT2D eigenvalue weighted by Gasteiger charge is 2.26. The summed E-state index contributed by atoms with van der Waals surface area (Å²) in [6.45, 7) is 2.98. The van der Waals surface area contributed by atoms with Crippen molar-refractivity contribution in [3.63, 3.8) is 0 Å². The number of nitrogens with two attached hydrogens (primary N) is 1. The van der Waals surface area contributed by atoms with Gasteiger partial charge < -0.3 is 20.3 Å². The van der Waals surface area contributed by atoms with Crippen LogP contribution < -0.4 is 15.2 Å². The number of hydrogen-bond acceptors (Lipinski definition) is 5. The van der Waals surface area contributed by atoms with Crippen molar-refractivity contribution in [2.24, 2.45) is 0 Å². The molecule has 1 atom stereocenters. The number of nitrogens with zero attached hydrogens (tertiary/aromatic N) is 2. The van der Waals surface area contributed by atoms with Gasteiger partial charge in [0.15, 0.2) is 11.6 Å². The highest BCUT2D eigenvalue weighted by Crippen LogP contribution is 2.37. The molecule has 6 rings (SSSR count). The second-order valence-corrected chi connectivity index (χ2v) is 8.71. The molecule has 1 aromatic heterocycles. The van der Waals surface area contributed by atoms with Crippen molar-refractivity contribution < 1.29 is 28.2 Å². The van der Waals surface area contributed by atoms with Gasteiger partial charge in [-0.15, -0.1) is 0 Å². The van der Waals surface area contributed by atoms with E-state index in [4.69, 9.17) is 20.3 Å². The van der Waals surface area contributed by atoms with Crippen LogP contribution >= 0.6 is 0 Å². The number of aliphatic carboxylic acids is 1. The Kier molecular flexibility index (Phi) is 6.22. The highest BCUT2D eigenvalue weighted by atomic mass is 19.2. The Balaban J connectivity index is 0.000000165. The summed E-state index contributed by atoms with van der Waals surface area (Å²) in [4.78, 5) is 15.0. The Hall–Kier alpha value is -4.14. The summed E-state index contributed by atoms with van der Waals surface area (Å²) in [6.07, 6.45) is 1.55. The topological polar surface area (TPSA) is 99.6 Å². The molecule has 0 bridgehead atoms. The first kappa shape index (κ1) is 23.6. The number of rotatable bonds is 4. The second kappa shape index (κ2) is 9.49. The molecule has 3 N–H and O–H groups in total. The third-order valence-electron chi connectivity index (χ3n) is 6.37. The van der Waals surface area contributed by atoms with E-state index in [0.29, 0.717) is 36.7 Å². The molecule has 2 aliphatic rings. The molecule has 4 aromatic rings. The normalized spacial score (nSPS) is 15.5. The van der Waals surface area contributed by atoms with Crippen molar-refractivity contribution in [2.45, 2.75) is 32.1 Å². The first-order valence-electron chi connectivity index (χ1n) is 11.7. The Morgan fingerprint density at radius 2 is 2.03 bits per heavy atom. The molecule has 36 heavy (non-hydrogen) atoms. The van der Waals surface area contributed by atoms with Crippen LogP contribution in [0.25, 0.3) is 16.7 Å². The average molecular weight is 494 g/mol. The number of benzene rings is 3. The number of carboxylic acid groups (broad SMARTS) is 1. The van der Waals surface area contributed by atoms with Gasteiger partial charge in [0.05, 0.1) is 30.8 Å². The van der Waals surface area contributed by atoms with Gasteiger partial charge in [-0.1, -0.05) is 25.1 Å². The van der Waals surface area contributed by atoms with Gasteiger partial charge in [0.2, 0.25) is 0 Å². The molecule has 3 heterocycles. The molecule has 1 unspecified atom stereocenters. The molecule has 0 aliphatic carbocycles. The number of aryl methyl sites for hydroxylation is 1. The average Bonchev–Trinajstić information content (AvgIpc) is 3.58. The lowest BCUT2D eigenvalue weighted by Crippen LogP contribution is -2.07. The molecular formula is C27H25F2N3O4. The molecule has 186 valence electrons. The number of para-hydroxylation sites is 1. The summed E-state index contributed by atoms with van der Waals surface area (Å²) in [5.74, 6) is -0.448. The zero-order chi connectivity index (χ0) is 25.4. The Morgan fingerprint density at radius 1 is 1.19 bits per heavy atom. The number of carbonyl (C=O) groups is 1. The van der Waals surface area contributed by atoms with E-state index in [9.17, 15) is 13.6 Å². The zero-order valence-electron chi connectivity index (χ0n) is 19.6. The lowest BCUT2D eigenvalue weighted by Gasteiger charge is -2.13. The first-order chi connectivity index (χ1) is 17.4. The number of imidazole rings is 1. The zero-order valence-corrected chi connectivity index (χ0v) is 19.6. The Bertz CT molecular complexity index is 1470. The predicted octanol–water partition coefficient (Wildman–Crippen LogP) is 5.02. The molecule has 9 heteroatoms. The van der Waals surface area contributed by atoms with Crippen LogP contribution in [0.2, 0.25) is 0 Å². The summed E-state index contributed by atoms with van der Waals surface area (Å²) in [5.41, 5.74) is 9.59. The smallest absolute Gasteiger partial charge is 0.304 e. The maximum Gasteiger partial charge on any atom is 0.304 e. The van der Waals surface area contributed by atoms with Gasteiger partial charge in [0.25, 0.3) is 0 Å². The van der Waals surface area contributed by atoms with Crippen LogP contribution in [-0.4, -0.2) is 33.8 Å². The van der Waals surface area contributed by atoms with Gasteiger partial charge >= 0.3 is 5.97 Å². The van der Waals surface area contributed by atoms with Gasteiger partial charge in [-0.3, -0.25) is 9.36 Å². The molecule has 3 aromatic carbocycles. The summed E-state index contributed by atoms with van der Waals surface area (Å²) < 4.78 is 40.8. The number of aromatic nitrogens is 2. The van der Waals surface area contributed by atoms with E-state index in [1.807, 2.05) is 31.2 Å². The van der Waals surface area contributed by atoms with Crippen LogP contribution in [0.3, 0.4) is 0 Å². The van der Waals surface area contributed by atoms with Crippen molar-refractivity contribution >= 4 is 22.7 Å². The number of halogens is 2. The Labute approximate surface area is 206 Å². The molecule has 0 saturated heterocycles. The Morgan fingerprint density at radius 3 is 2.81 bits per heavy atom. The van der Waals surface area contributed by atoms with Gasteiger partial charge in [-0.25, -0.2) is 13.8 Å². The van der Waals surface area contributed by atoms with Gasteiger partial charge in [0.1, 0.15) is 22.8 Å². The SMILES string of the molecule is CCc1nc2ccc(F)c(F)c2n1-c1cccc2c1OCC2.Nc1ccc2c(c1)OCC2CC(=O)O. The van der Waals surface area contributed by atoms with Crippen molar-refractivity contribution in [2.75, 3.05) is 18.9 Å². The number of fused-ring (bicyclic) bond motifs is 3. The number of nitrogen functional groups attached to an aromatic ring is 1. The van der Waals surface area contributed by atoms with E-state index in [0.717, 1.165) is 40.8 Å². The van der Waals surface area contributed by atoms with Crippen LogP contribution in [0, 0.1) is 11.6 Å². The molecule has 2 aliphatic heterocycles. The van der Waals surface area contributed by atoms with E-state index in [-0.39, 0.29) is 17.9 Å². The fourth-order valence-electron chi connectivity index (χ4n) is 4.69. The van der Waals surface area contributed by atoms with E-state index in [2.05, 4.69) is 4.98 Å². The molecule has 0 radical (unpaired) electrons. The monoisotopic (exact) mass is 493 g/mol. The standard InChI is InChI=1S/C17H14F2N2O.C10H11NO3/c1-2-14-20-12-7-6-11(18)15(19)16(12)21(14)13-5-3-4-10-8-9-22-17(10)13;11-7-1-2-8-6(3-10(12)13)5-14-9(8)4-7/h3-7H,2,8-9H2,1H3;1-2,4,6H,3,5,11H2,(H,12,13). The molecule has 0 saturated carbocycles. The number of anilines is 1. The van der Waals surface area contributed by atoms with E-state index < -0.39 is 17.6 Å². The lowest BCUT2D eigenvalue weighted by molar-refractivity contribution is -0.137. The maximum absolute atomic E-state index is 14.4. The second-order valence-electron chi connectivity index (χ2n) is 8.71. The van der Waals surface area contributed by atoms with Crippen molar-refractivity contribution in [3.8, 4) is 17.2 Å². The minimum Gasteiger partial charge on any atom is -0.493 e.